The van der Waals surface area contributed by atoms with Gasteiger partial charge in [0.25, 0.3) is 0 Å². The average Bonchev–Trinajstić information content (AvgIpc) is 2.74. The van der Waals surface area contributed by atoms with Crippen LogP contribution in [0.2, 0.25) is 0 Å². The second-order valence-corrected chi connectivity index (χ2v) is 5.96. The smallest absolute Gasteiger partial charge is 0.223 e. The molecule has 0 spiro atoms. The maximum Gasteiger partial charge on any atom is 0.223 e. The van der Waals surface area contributed by atoms with E-state index in [-0.39, 0.29) is 23.3 Å². The maximum absolute atomic E-state index is 11.9. The number of hydrogen-bond acceptors (Lipinski definition) is 1. The lowest BCUT2D eigenvalue weighted by molar-refractivity contribution is -0.124. The van der Waals surface area contributed by atoms with Crippen molar-refractivity contribution in [2.24, 2.45) is 17.3 Å². The van der Waals surface area contributed by atoms with Crippen LogP contribution in [-0.4, -0.2) is 17.8 Å². The fourth-order valence-corrected chi connectivity index (χ4v) is 2.12. The van der Waals surface area contributed by atoms with Gasteiger partial charge in [-0.1, -0.05) is 27.7 Å². The minimum absolute atomic E-state index is 0.212. The van der Waals surface area contributed by atoms with Crippen LogP contribution in [0.1, 0.15) is 40.5 Å². The second kappa shape index (κ2) is 4.73. The largest absolute Gasteiger partial charge is 0.353 e. The van der Waals surface area contributed by atoms with Crippen LogP contribution < -0.4 is 5.32 Å². The van der Waals surface area contributed by atoms with Crippen molar-refractivity contribution in [1.82, 2.24) is 5.32 Å². The molecule has 2 unspecified atom stereocenters. The molecule has 1 N–H and O–H groups in total. The normalized spacial score (nSPS) is 25.1. The van der Waals surface area contributed by atoms with Crippen molar-refractivity contribution in [3.8, 4) is 0 Å². The second-order valence-electron chi connectivity index (χ2n) is 5.58. The molecule has 1 saturated carbocycles. The summed E-state index contributed by atoms with van der Waals surface area (Å²) in [5.74, 6) is 1.49. The SMILES string of the molecule is CC(C)C(CCCl)NC(=O)C1CC1(C)C. The average molecular weight is 232 g/mol. The Hall–Kier alpha value is -0.240. The van der Waals surface area contributed by atoms with Gasteiger partial charge in [0.05, 0.1) is 0 Å². The first-order valence-corrected chi connectivity index (χ1v) is 6.28. The molecule has 0 aromatic heterocycles. The zero-order valence-electron chi connectivity index (χ0n) is 10.1. The summed E-state index contributed by atoms with van der Waals surface area (Å²) in [6.45, 7) is 8.53. The predicted octanol–water partition coefficient (Wildman–Crippen LogP) is 2.80. The molecule has 2 nitrogen and oxygen atoms in total. The van der Waals surface area contributed by atoms with Gasteiger partial charge in [-0.2, -0.15) is 0 Å². The number of carbonyl (C=O) groups is 1. The fourth-order valence-electron chi connectivity index (χ4n) is 1.89. The van der Waals surface area contributed by atoms with Crippen LogP contribution >= 0.6 is 11.6 Å². The molecule has 0 heterocycles. The Morgan fingerprint density at radius 1 is 1.53 bits per heavy atom. The first-order chi connectivity index (χ1) is 6.88. The molecule has 0 aromatic rings. The highest BCUT2D eigenvalue weighted by molar-refractivity contribution is 6.17. The maximum atomic E-state index is 11.9. The first-order valence-electron chi connectivity index (χ1n) is 5.75. The van der Waals surface area contributed by atoms with E-state index in [1.54, 1.807) is 0 Å². The highest BCUT2D eigenvalue weighted by Crippen LogP contribution is 2.51. The van der Waals surface area contributed by atoms with Crippen molar-refractivity contribution in [2.45, 2.75) is 46.6 Å². The Labute approximate surface area is 97.8 Å². The van der Waals surface area contributed by atoms with Crippen LogP contribution in [0.3, 0.4) is 0 Å². The molecule has 1 rings (SSSR count). The van der Waals surface area contributed by atoms with E-state index in [1.807, 2.05) is 0 Å². The zero-order chi connectivity index (χ0) is 11.6. The van der Waals surface area contributed by atoms with Gasteiger partial charge < -0.3 is 5.32 Å². The molecule has 15 heavy (non-hydrogen) atoms. The number of amides is 1. The van der Waals surface area contributed by atoms with Gasteiger partial charge in [-0.05, 0) is 24.2 Å². The number of alkyl halides is 1. The third-order valence-corrected chi connectivity index (χ3v) is 3.60. The van der Waals surface area contributed by atoms with E-state index >= 15 is 0 Å². The summed E-state index contributed by atoms with van der Waals surface area (Å²) < 4.78 is 0. The van der Waals surface area contributed by atoms with Gasteiger partial charge in [0.15, 0.2) is 0 Å². The monoisotopic (exact) mass is 231 g/mol. The van der Waals surface area contributed by atoms with Gasteiger partial charge in [0.1, 0.15) is 0 Å². The van der Waals surface area contributed by atoms with E-state index in [0.29, 0.717) is 11.8 Å². The summed E-state index contributed by atoms with van der Waals surface area (Å²) in [5, 5.41) is 3.11. The molecule has 0 radical (unpaired) electrons. The van der Waals surface area contributed by atoms with Crippen molar-refractivity contribution < 1.29 is 4.79 Å². The van der Waals surface area contributed by atoms with Crippen LogP contribution in [0.4, 0.5) is 0 Å². The standard InChI is InChI=1S/C12H22ClNO/c1-8(2)10(5-6-13)14-11(15)9-7-12(9,3)4/h8-10H,5-7H2,1-4H3,(H,14,15). The van der Waals surface area contributed by atoms with Crippen molar-refractivity contribution in [2.75, 3.05) is 5.88 Å². The van der Waals surface area contributed by atoms with E-state index in [0.717, 1.165) is 12.8 Å². The summed E-state index contributed by atoms with van der Waals surface area (Å²) in [4.78, 5) is 11.9. The molecule has 1 aliphatic carbocycles. The Balaban J connectivity index is 2.42. The molecule has 0 aliphatic heterocycles. The molecular formula is C12H22ClNO. The third kappa shape index (κ3) is 3.37. The van der Waals surface area contributed by atoms with E-state index in [9.17, 15) is 4.79 Å². The molecule has 0 bridgehead atoms. The van der Waals surface area contributed by atoms with Gasteiger partial charge in [0, 0.05) is 17.8 Å². The number of nitrogens with one attached hydrogen (secondary N) is 1. The summed E-state index contributed by atoms with van der Waals surface area (Å²) in [6, 6.07) is 0.228. The summed E-state index contributed by atoms with van der Waals surface area (Å²) in [6.07, 6.45) is 1.88. The molecule has 1 fully saturated rings. The summed E-state index contributed by atoms with van der Waals surface area (Å²) >= 11 is 5.72. The molecule has 1 amide bonds. The van der Waals surface area contributed by atoms with E-state index < -0.39 is 0 Å². The molecule has 2 atom stereocenters. The van der Waals surface area contributed by atoms with Crippen molar-refractivity contribution in [1.29, 1.82) is 0 Å². The highest BCUT2D eigenvalue weighted by Gasteiger charge is 2.50. The highest BCUT2D eigenvalue weighted by atomic mass is 35.5. The van der Waals surface area contributed by atoms with E-state index in [2.05, 4.69) is 33.0 Å². The molecule has 3 heteroatoms. The van der Waals surface area contributed by atoms with Crippen molar-refractivity contribution in [3.63, 3.8) is 0 Å². The molecule has 0 saturated heterocycles. The van der Waals surface area contributed by atoms with Crippen LogP contribution in [0.25, 0.3) is 0 Å². The Bertz CT molecular complexity index is 238. The van der Waals surface area contributed by atoms with Crippen LogP contribution in [-0.2, 0) is 4.79 Å². The Morgan fingerprint density at radius 2 is 2.07 bits per heavy atom. The fraction of sp³-hybridized carbons (Fsp3) is 0.917. The van der Waals surface area contributed by atoms with Crippen molar-refractivity contribution >= 4 is 17.5 Å². The quantitative estimate of drug-likeness (QED) is 0.725. The van der Waals surface area contributed by atoms with Crippen LogP contribution in [0, 0.1) is 17.3 Å². The topological polar surface area (TPSA) is 29.1 Å². The van der Waals surface area contributed by atoms with E-state index in [1.165, 1.54) is 0 Å². The summed E-state index contributed by atoms with van der Waals surface area (Å²) in [5.41, 5.74) is 0.215. The molecule has 88 valence electrons. The lowest BCUT2D eigenvalue weighted by Crippen LogP contribution is -2.40. The minimum Gasteiger partial charge on any atom is -0.353 e. The van der Waals surface area contributed by atoms with Crippen LogP contribution in [0.5, 0.6) is 0 Å². The number of halogens is 1. The Kier molecular flexibility index (Phi) is 4.05. The van der Waals surface area contributed by atoms with Crippen LogP contribution in [0.15, 0.2) is 0 Å². The van der Waals surface area contributed by atoms with Crippen molar-refractivity contribution in [3.05, 3.63) is 0 Å². The Morgan fingerprint density at radius 3 is 2.40 bits per heavy atom. The first kappa shape index (κ1) is 12.8. The van der Waals surface area contributed by atoms with Gasteiger partial charge in [-0.3, -0.25) is 4.79 Å². The molecule has 0 aromatic carbocycles. The number of hydrogen-bond donors (Lipinski definition) is 1. The number of carbonyl (C=O) groups excluding carboxylic acids is 1. The van der Waals surface area contributed by atoms with Gasteiger partial charge >= 0.3 is 0 Å². The number of rotatable bonds is 5. The minimum atomic E-state index is 0.212. The van der Waals surface area contributed by atoms with E-state index in [4.69, 9.17) is 11.6 Å². The zero-order valence-corrected chi connectivity index (χ0v) is 10.9. The van der Waals surface area contributed by atoms with Gasteiger partial charge in [-0.15, -0.1) is 11.6 Å². The lowest BCUT2D eigenvalue weighted by atomic mass is 10.0. The summed E-state index contributed by atoms with van der Waals surface area (Å²) in [7, 11) is 0. The molecular weight excluding hydrogens is 210 g/mol. The third-order valence-electron chi connectivity index (χ3n) is 3.38. The van der Waals surface area contributed by atoms with Gasteiger partial charge in [-0.25, -0.2) is 0 Å². The predicted molar refractivity (Wildman–Crippen MR) is 64.0 cm³/mol. The lowest BCUT2D eigenvalue weighted by Gasteiger charge is -2.21. The van der Waals surface area contributed by atoms with Gasteiger partial charge in [0.2, 0.25) is 5.91 Å². The molecule has 1 aliphatic rings.